The Morgan fingerprint density at radius 1 is 0.319 bits per heavy atom. The number of ketones is 1. The van der Waals surface area contributed by atoms with Crippen LogP contribution in [0.5, 0.6) is 0 Å². The summed E-state index contributed by atoms with van der Waals surface area (Å²) in [6.07, 6.45) is 67.2. The normalized spacial score (nSPS) is 15.1. The monoisotopic (exact) mass is 2440 g/mol. The van der Waals surface area contributed by atoms with Gasteiger partial charge in [0.2, 0.25) is 5.24 Å². The van der Waals surface area contributed by atoms with Crippen molar-refractivity contribution in [2.24, 2.45) is 11.8 Å². The van der Waals surface area contributed by atoms with E-state index >= 15 is 0 Å². The fourth-order valence-corrected chi connectivity index (χ4v) is 19.6. The van der Waals surface area contributed by atoms with Gasteiger partial charge in [-0.2, -0.15) is 0 Å². The van der Waals surface area contributed by atoms with Crippen LogP contribution in [0.1, 0.15) is 282 Å². The summed E-state index contributed by atoms with van der Waals surface area (Å²) in [6.45, 7) is 3.17. The number of fused-ring (bicyclic) bond motifs is 4. The Bertz CT molecular complexity index is 3720. The summed E-state index contributed by atoms with van der Waals surface area (Å²) >= 11 is 2.91. The number of hydrogen-bond acceptors (Lipinski definition) is 4. The van der Waals surface area contributed by atoms with Gasteiger partial charge in [-0.15, -0.1) is 0 Å². The van der Waals surface area contributed by atoms with Crippen molar-refractivity contribution in [2.75, 3.05) is 0 Å². The SMILES string of the molecule is C(c1c2ccccc2nc2ccccc12)=P(c1ccccc1)(c1ccccc1)c1ccccc1.C1=CCC=C1.C1CCCC1.C1CCCC1.C1CCCC1.C1CCCC1.C1CCCC1.C1CCCC1.CC(=Cc1c2ccccc2nc2ccccc12)C1CCCC1.CC(=O)C1CCCC1.CC(=O)Cl.[CH3-].[CH3-].[CH3-].[CH3-].[CH3-].[CH3-].[CH3-].[CH3-].[Cl][Al]([Cl])[Cl].[Os+2].[Os+2].[Os+2].[Os+2]. The molecule has 9 aliphatic carbocycles. The van der Waals surface area contributed by atoms with Gasteiger partial charge in [-0.25, -0.2) is 40.1 Å². The molecule has 0 unspecified atom stereocenters. The molecule has 0 spiro atoms. The van der Waals surface area contributed by atoms with E-state index in [4.69, 9.17) is 40.1 Å². The molecule has 4 nitrogen and oxygen atoms in total. The molecule has 9 aromatic rings. The van der Waals surface area contributed by atoms with Crippen LogP contribution in [0.4, 0.5) is 0 Å². The number of Topliss-reactive ketones (excluding diaryl/α,β-unsaturated/α-hetero) is 1. The minimum absolute atomic E-state index is 0. The largest absolute Gasteiger partial charge is 2.00 e. The van der Waals surface area contributed by atoms with Crippen LogP contribution in [-0.2, 0) is 88.8 Å². The van der Waals surface area contributed by atoms with Crippen LogP contribution in [0, 0.1) is 71.2 Å². The molecular formula is C105H150AlCl4N2O2Os4P. The molecule has 0 radical (unpaired) electrons. The molecule has 8 fully saturated rings. The molecule has 9 aliphatic rings. The van der Waals surface area contributed by atoms with Crippen LogP contribution in [0.2, 0.25) is 0 Å². The molecule has 0 saturated heterocycles. The van der Waals surface area contributed by atoms with E-state index in [2.05, 4.69) is 243 Å². The van der Waals surface area contributed by atoms with Gasteiger partial charge in [0.15, 0.2) is 0 Å². The second-order valence-corrected chi connectivity index (χ2v) is 40.1. The molecule has 0 N–H and O–H groups in total. The summed E-state index contributed by atoms with van der Waals surface area (Å²) in [5.41, 5.74) is 8.36. The van der Waals surface area contributed by atoms with Gasteiger partial charge in [0.05, 0.1) is 22.1 Å². The van der Waals surface area contributed by atoms with Gasteiger partial charge in [-0.05, 0) is 127 Å². The number of rotatable bonds is 7. The molecule has 2 heterocycles. The summed E-state index contributed by atoms with van der Waals surface area (Å²) < 4.78 is 0. The molecule has 14 heteroatoms. The van der Waals surface area contributed by atoms with Crippen molar-refractivity contribution >= 4 is 142 Å². The van der Waals surface area contributed by atoms with Crippen LogP contribution in [-0.4, -0.2) is 38.2 Å². The number of hydrogen-bond donors (Lipinski definition) is 0. The van der Waals surface area contributed by atoms with Gasteiger partial charge in [0.1, 0.15) is 5.78 Å². The number of aromatic nitrogens is 2. The first kappa shape index (κ1) is 127. The number of para-hydroxylation sites is 4. The minimum Gasteiger partial charge on any atom is -0.358 e. The van der Waals surface area contributed by atoms with Gasteiger partial charge in [-0.3, -0.25) is 9.59 Å². The Balaban J connectivity index is -0.000000324. The molecule has 0 aliphatic heterocycles. The van der Waals surface area contributed by atoms with E-state index in [1.54, 1.807) is 6.92 Å². The number of carbonyl (C=O) groups is 2. The third kappa shape index (κ3) is 49.0. The number of nitrogens with zero attached hydrogens (tertiary/aromatic N) is 2. The molecule has 18 rings (SSSR count). The molecule has 8 saturated carbocycles. The average Bonchev–Trinajstić information content (AvgIpc) is 0.895. The van der Waals surface area contributed by atoms with Crippen molar-refractivity contribution < 1.29 is 88.8 Å². The number of carbonyl (C=O) groups excluding carboxylic acids is 2. The Labute approximate surface area is 804 Å². The van der Waals surface area contributed by atoms with Crippen LogP contribution < -0.4 is 15.9 Å². The summed E-state index contributed by atoms with van der Waals surface area (Å²) in [6, 6.07) is 67.0. The maximum Gasteiger partial charge on any atom is 2.00 e. The predicted octanol–water partition coefficient (Wildman–Crippen LogP) is 33.5. The van der Waals surface area contributed by atoms with E-state index in [0.29, 0.717) is 11.7 Å². The molecule has 119 heavy (non-hydrogen) atoms. The second kappa shape index (κ2) is 78.5. The maximum absolute atomic E-state index is 10.6. The van der Waals surface area contributed by atoms with Crippen molar-refractivity contribution in [3.8, 4) is 0 Å². The Kier molecular flexibility index (Phi) is 83.6. The Hall–Kier alpha value is -3.02. The maximum atomic E-state index is 10.6. The molecule has 0 bridgehead atoms. The fourth-order valence-electron chi connectivity index (χ4n) is 15.6. The first-order valence-corrected chi connectivity index (χ1v) is 49.0. The van der Waals surface area contributed by atoms with Gasteiger partial charge < -0.3 is 59.4 Å². The summed E-state index contributed by atoms with van der Waals surface area (Å²) in [4.78, 5) is 29.6. The molecule has 7 aromatic carbocycles. The molecule has 0 amide bonds. The standard InChI is InChI=1S/C32H24NP.C21H21N.C7H12O.6C5H10.C5H6.C2H3ClO.8CH3.Al.3ClH.4Os/c1-4-14-25(15-5-1)34(26-16-6-2-7-17-26,27-18-8-3-9-19-27)24-30-28-20-10-12-22-31(28)33-32-23-13-11-21-29(30)32;1-15(16-8-2-3-9-16)14-19-17-10-4-6-12-20(17)22-21-13-7-5-11-18(19)21;1-6(8)7-4-2-3-5-7;7*1-2-4-5-3-1;1-2(3)4;;;;;;;;;;;;;;;;/h1-24H;4-7,10-14,16H,2-3,8-9H2,1H3;7H,2-5H2,1H3;6*1-5H2;1-4H,5H2;1H3;8*1H3;;3*1H;;;;/q;;;;;;;;;;;8*-1;+3;;;;4*+2/p-3. The minimum atomic E-state index is -2.14. The summed E-state index contributed by atoms with van der Waals surface area (Å²) in [7, 11) is 14.8. The zero-order valence-electron chi connectivity index (χ0n) is 74.8. The van der Waals surface area contributed by atoms with Gasteiger partial charge in [0, 0.05) is 34.4 Å². The Morgan fingerprint density at radius 2 is 0.521 bits per heavy atom. The first-order chi connectivity index (χ1) is 52.5. The summed E-state index contributed by atoms with van der Waals surface area (Å²) in [5.74, 6) is 4.16. The third-order valence-corrected chi connectivity index (χ3v) is 25.5. The Morgan fingerprint density at radius 3 is 0.723 bits per heavy atom. The van der Waals surface area contributed by atoms with Crippen LogP contribution in [0.15, 0.2) is 218 Å². The van der Waals surface area contributed by atoms with E-state index < -0.39 is 18.3 Å². The number of halogens is 4. The van der Waals surface area contributed by atoms with E-state index in [0.717, 1.165) is 47.2 Å². The molecular weight excluding hydrogens is 2280 g/mol. The van der Waals surface area contributed by atoms with Crippen LogP contribution in [0.25, 0.3) is 49.7 Å². The van der Waals surface area contributed by atoms with E-state index in [1.165, 1.54) is 292 Å². The zero-order chi connectivity index (χ0) is 75.6. The number of benzene rings is 7. The van der Waals surface area contributed by atoms with Crippen LogP contribution in [0.3, 0.4) is 0 Å². The number of allylic oxidation sites excluding steroid dienone is 5. The van der Waals surface area contributed by atoms with E-state index in [1.807, 2.05) is 0 Å². The van der Waals surface area contributed by atoms with Crippen LogP contribution >= 0.6 is 48.6 Å². The zero-order valence-corrected chi connectivity index (χ0v) is 90.0. The van der Waals surface area contributed by atoms with Crippen molar-refractivity contribution in [1.29, 1.82) is 0 Å². The second-order valence-electron chi connectivity index (χ2n) is 29.9. The van der Waals surface area contributed by atoms with Gasteiger partial charge >= 0.3 is 90.5 Å². The molecule has 660 valence electrons. The smallest absolute Gasteiger partial charge is 0.358 e. The van der Waals surface area contributed by atoms with Crippen molar-refractivity contribution in [1.82, 2.24) is 9.97 Å². The average molecular weight is 2430 g/mol. The van der Waals surface area contributed by atoms with Crippen molar-refractivity contribution in [3.05, 3.63) is 288 Å². The van der Waals surface area contributed by atoms with Crippen molar-refractivity contribution in [2.45, 2.75) is 271 Å². The fraction of sp³-hybridized carbons (Fsp3) is 0.419. The summed E-state index contributed by atoms with van der Waals surface area (Å²) in [5, 5.41) is 8.57. The first-order valence-electron chi connectivity index (χ1n) is 41.5. The van der Waals surface area contributed by atoms with Gasteiger partial charge in [0.25, 0.3) is 0 Å². The van der Waals surface area contributed by atoms with Crippen molar-refractivity contribution in [3.63, 3.8) is 0 Å². The third-order valence-electron chi connectivity index (χ3n) is 21.5. The van der Waals surface area contributed by atoms with E-state index in [9.17, 15) is 9.59 Å². The molecule has 0 atom stereocenters. The predicted molar refractivity (Wildman–Crippen MR) is 530 cm³/mol. The number of pyridine rings is 2. The van der Waals surface area contributed by atoms with E-state index in [-0.39, 0.29) is 144 Å². The quantitative estimate of drug-likeness (QED) is 0.0525. The van der Waals surface area contributed by atoms with Gasteiger partial charge in [-0.1, -0.05) is 418 Å². The molecule has 2 aromatic heterocycles. The topological polar surface area (TPSA) is 59.9 Å².